The minimum atomic E-state index is -1.04. The highest BCUT2D eigenvalue weighted by molar-refractivity contribution is 5.86. The Balaban J connectivity index is 2.03. The molecule has 1 saturated heterocycles. The van der Waals surface area contributed by atoms with Crippen LogP contribution in [0.4, 0.5) is 0 Å². The second-order valence-electron chi connectivity index (χ2n) is 11.6. The van der Waals surface area contributed by atoms with Crippen molar-refractivity contribution >= 4 is 29.7 Å². The predicted molar refractivity (Wildman–Crippen MR) is 143 cm³/mol. The first-order chi connectivity index (χ1) is 18.6. The van der Waals surface area contributed by atoms with Gasteiger partial charge in [-0.3, -0.25) is 19.2 Å². The molecule has 222 valence electrons. The predicted octanol–water partition coefficient (Wildman–Crippen LogP) is 3.50. The van der Waals surface area contributed by atoms with Crippen molar-refractivity contribution in [3.63, 3.8) is 0 Å². The summed E-state index contributed by atoms with van der Waals surface area (Å²) in [6.45, 7) is 17.6. The second kappa shape index (κ2) is 12.2. The number of hydrogen-bond acceptors (Lipinski definition) is 10. The maximum Gasteiger partial charge on any atom is 0.331 e. The van der Waals surface area contributed by atoms with Crippen LogP contribution in [-0.4, -0.2) is 66.3 Å². The summed E-state index contributed by atoms with van der Waals surface area (Å²) in [5.41, 5.74) is 0.182. The van der Waals surface area contributed by atoms with Gasteiger partial charge in [-0.15, -0.1) is 0 Å². The molecule has 40 heavy (non-hydrogen) atoms. The Hall–Kier alpha value is -3.01. The van der Waals surface area contributed by atoms with Gasteiger partial charge in [0.05, 0.1) is 24.0 Å². The van der Waals surface area contributed by atoms with Gasteiger partial charge in [-0.05, 0) is 57.1 Å². The molecule has 0 N–H and O–H groups in total. The van der Waals surface area contributed by atoms with Crippen molar-refractivity contribution in [3.05, 3.63) is 23.8 Å². The van der Waals surface area contributed by atoms with Crippen molar-refractivity contribution in [2.24, 2.45) is 29.6 Å². The SMILES string of the molecule is C=C1[C@@H]2CC(=O)[C@H](C(C)OC(C)=O)[C@H]2[C@H]([C@@]2(C)CO2)[C@@H](OC(=O)C(C)CC)[C@H]1OC(=O)/C=C(\C)C(C)OC(C)=O. The summed E-state index contributed by atoms with van der Waals surface area (Å²) in [6.07, 6.45) is -1.48. The van der Waals surface area contributed by atoms with Crippen LogP contribution in [0.1, 0.15) is 68.2 Å². The quantitative estimate of drug-likeness (QED) is 0.128. The van der Waals surface area contributed by atoms with Gasteiger partial charge >= 0.3 is 23.9 Å². The van der Waals surface area contributed by atoms with E-state index in [9.17, 15) is 24.0 Å². The van der Waals surface area contributed by atoms with Crippen molar-refractivity contribution in [2.45, 2.75) is 98.2 Å². The van der Waals surface area contributed by atoms with Gasteiger partial charge in [0.25, 0.3) is 0 Å². The first kappa shape index (κ1) is 31.5. The van der Waals surface area contributed by atoms with Crippen LogP contribution in [0, 0.1) is 29.6 Å². The number of Topliss-reactive ketones (excluding diaryl/α,β-unsaturated/α-hetero) is 1. The van der Waals surface area contributed by atoms with Gasteiger partial charge < -0.3 is 23.7 Å². The number of ketones is 1. The second-order valence-corrected chi connectivity index (χ2v) is 11.6. The number of carbonyl (C=O) groups excluding carboxylic acids is 5. The lowest BCUT2D eigenvalue weighted by Crippen LogP contribution is -2.57. The standard InChI is InChI=1S/C30H42O10/c1-10-14(2)29(35)40-28-26(30(9)13-36-30)25-21(12-22(33)24(25)18(6)38-20(8)32)16(4)27(28)39-23(34)11-15(3)17(5)37-19(7)31/h11,14,17-18,21,24-28H,4,10,12-13H2,1-3,5-9H3/b15-11+/t14?,17?,18?,21-,24-,25-,26-,27-,28+,30+/m0/s1. The van der Waals surface area contributed by atoms with Crippen LogP contribution in [0.5, 0.6) is 0 Å². The summed E-state index contributed by atoms with van der Waals surface area (Å²) in [5.74, 6) is -4.68. The molecule has 3 rings (SSSR count). The van der Waals surface area contributed by atoms with Crippen molar-refractivity contribution in [2.75, 3.05) is 6.61 Å². The van der Waals surface area contributed by atoms with Crippen molar-refractivity contribution in [1.29, 1.82) is 0 Å². The third-order valence-corrected chi connectivity index (χ3v) is 8.58. The van der Waals surface area contributed by atoms with Gasteiger partial charge in [0, 0.05) is 32.3 Å². The molecule has 10 atom stereocenters. The highest BCUT2D eigenvalue weighted by Crippen LogP contribution is 2.58. The minimum absolute atomic E-state index is 0.0934. The molecular weight excluding hydrogens is 520 g/mol. The van der Waals surface area contributed by atoms with Crippen LogP contribution in [0.3, 0.4) is 0 Å². The lowest BCUT2D eigenvalue weighted by Gasteiger charge is -2.48. The fraction of sp³-hybridized carbons (Fsp3) is 0.700. The number of esters is 4. The summed E-state index contributed by atoms with van der Waals surface area (Å²) in [6, 6.07) is 0. The Morgan fingerprint density at radius 2 is 1.68 bits per heavy atom. The van der Waals surface area contributed by atoms with Crippen molar-refractivity contribution < 1.29 is 47.7 Å². The molecular formula is C30H42O10. The van der Waals surface area contributed by atoms with E-state index in [1.807, 2.05) is 13.8 Å². The summed E-state index contributed by atoms with van der Waals surface area (Å²) in [7, 11) is 0. The maximum atomic E-state index is 13.4. The third-order valence-electron chi connectivity index (χ3n) is 8.58. The average molecular weight is 563 g/mol. The monoisotopic (exact) mass is 562 g/mol. The lowest BCUT2D eigenvalue weighted by atomic mass is 9.61. The molecule has 0 aromatic carbocycles. The molecule has 0 spiro atoms. The highest BCUT2D eigenvalue weighted by Gasteiger charge is 2.67. The summed E-state index contributed by atoms with van der Waals surface area (Å²) in [5, 5.41) is 0. The van der Waals surface area contributed by atoms with E-state index in [1.165, 1.54) is 19.9 Å². The summed E-state index contributed by atoms with van der Waals surface area (Å²) in [4.78, 5) is 62.8. The zero-order chi connectivity index (χ0) is 30.1. The Morgan fingerprint density at radius 3 is 2.20 bits per heavy atom. The molecule has 3 unspecified atom stereocenters. The number of epoxide rings is 1. The smallest absolute Gasteiger partial charge is 0.331 e. The zero-order valence-electron chi connectivity index (χ0n) is 24.7. The van der Waals surface area contributed by atoms with Crippen LogP contribution in [0.25, 0.3) is 0 Å². The molecule has 3 aliphatic rings. The molecule has 2 saturated carbocycles. The van der Waals surface area contributed by atoms with E-state index in [2.05, 4.69) is 6.58 Å². The largest absolute Gasteiger partial charge is 0.462 e. The average Bonchev–Trinajstić information content (AvgIpc) is 3.49. The number of carbonyl (C=O) groups is 5. The Labute approximate surface area is 235 Å². The van der Waals surface area contributed by atoms with Gasteiger partial charge in [-0.2, -0.15) is 0 Å². The normalized spacial score (nSPS) is 33.8. The molecule has 10 heteroatoms. The maximum absolute atomic E-state index is 13.4. The number of rotatable bonds is 10. The van der Waals surface area contributed by atoms with Crippen LogP contribution in [0.15, 0.2) is 23.8 Å². The van der Waals surface area contributed by atoms with E-state index in [-0.39, 0.29) is 12.2 Å². The first-order valence-corrected chi connectivity index (χ1v) is 13.9. The fourth-order valence-corrected chi connectivity index (χ4v) is 6.10. The van der Waals surface area contributed by atoms with Crippen LogP contribution < -0.4 is 0 Å². The Morgan fingerprint density at radius 1 is 1.07 bits per heavy atom. The van der Waals surface area contributed by atoms with E-state index in [0.717, 1.165) is 0 Å². The number of ether oxygens (including phenoxy) is 5. The van der Waals surface area contributed by atoms with E-state index in [4.69, 9.17) is 23.7 Å². The van der Waals surface area contributed by atoms with E-state index < -0.39 is 83.5 Å². The third kappa shape index (κ3) is 6.65. The number of fused-ring (bicyclic) bond motifs is 1. The molecule has 1 aliphatic heterocycles. The van der Waals surface area contributed by atoms with E-state index in [1.54, 1.807) is 27.7 Å². The molecule has 1 heterocycles. The molecule has 0 amide bonds. The zero-order valence-corrected chi connectivity index (χ0v) is 24.7. The molecule has 0 bridgehead atoms. The van der Waals surface area contributed by atoms with Gasteiger partial charge in [-0.1, -0.05) is 20.4 Å². The van der Waals surface area contributed by atoms with Gasteiger partial charge in [0.15, 0.2) is 6.10 Å². The Bertz CT molecular complexity index is 1090. The summed E-state index contributed by atoms with van der Waals surface area (Å²) >= 11 is 0. The van der Waals surface area contributed by atoms with E-state index >= 15 is 0 Å². The Kier molecular flexibility index (Phi) is 9.65. The van der Waals surface area contributed by atoms with Crippen LogP contribution >= 0.6 is 0 Å². The van der Waals surface area contributed by atoms with Gasteiger partial charge in [-0.25, -0.2) is 4.79 Å². The molecule has 2 aliphatic carbocycles. The first-order valence-electron chi connectivity index (χ1n) is 13.9. The highest BCUT2D eigenvalue weighted by atomic mass is 16.6. The van der Waals surface area contributed by atoms with Crippen LogP contribution in [0.2, 0.25) is 0 Å². The van der Waals surface area contributed by atoms with Gasteiger partial charge in [0.1, 0.15) is 24.1 Å². The molecule has 0 aromatic rings. The lowest BCUT2D eigenvalue weighted by molar-refractivity contribution is -0.183. The topological polar surface area (TPSA) is 135 Å². The molecule has 10 nitrogen and oxygen atoms in total. The van der Waals surface area contributed by atoms with Gasteiger partial charge in [0.2, 0.25) is 0 Å². The minimum Gasteiger partial charge on any atom is -0.462 e. The molecule has 0 aromatic heterocycles. The molecule has 3 fully saturated rings. The molecule has 0 radical (unpaired) electrons. The van der Waals surface area contributed by atoms with Crippen LogP contribution in [-0.2, 0) is 47.7 Å². The fourth-order valence-electron chi connectivity index (χ4n) is 6.10. The van der Waals surface area contributed by atoms with Crippen molar-refractivity contribution in [1.82, 2.24) is 0 Å². The van der Waals surface area contributed by atoms with Crippen molar-refractivity contribution in [3.8, 4) is 0 Å². The van der Waals surface area contributed by atoms with E-state index in [0.29, 0.717) is 24.2 Å². The number of hydrogen-bond donors (Lipinski definition) is 0. The summed E-state index contributed by atoms with van der Waals surface area (Å²) < 4.78 is 28.5.